The van der Waals surface area contributed by atoms with Crippen LogP contribution in [-0.2, 0) is 22.6 Å². The molecule has 0 heterocycles. The third kappa shape index (κ3) is 5.91. The Labute approximate surface area is 178 Å². The first kappa shape index (κ1) is 22.0. The number of halogens is 1. The second-order valence-corrected chi connectivity index (χ2v) is 8.04. The van der Waals surface area contributed by atoms with Gasteiger partial charge < -0.3 is 10.2 Å². The number of benzene rings is 2. The van der Waals surface area contributed by atoms with Crippen molar-refractivity contribution >= 4 is 11.8 Å². The van der Waals surface area contributed by atoms with Gasteiger partial charge in [-0.25, -0.2) is 4.39 Å². The summed E-state index contributed by atoms with van der Waals surface area (Å²) >= 11 is 0. The first-order valence-electron chi connectivity index (χ1n) is 11.0. The lowest BCUT2D eigenvalue weighted by atomic mass is 9.95. The largest absolute Gasteiger partial charge is 0.352 e. The lowest BCUT2D eigenvalue weighted by Crippen LogP contribution is -2.52. The van der Waals surface area contributed by atoms with Crippen molar-refractivity contribution in [1.82, 2.24) is 10.2 Å². The maximum absolute atomic E-state index is 14.1. The van der Waals surface area contributed by atoms with Crippen LogP contribution in [0.4, 0.5) is 4.39 Å². The summed E-state index contributed by atoms with van der Waals surface area (Å²) in [6, 6.07) is 15.5. The summed E-state index contributed by atoms with van der Waals surface area (Å²) in [5, 5.41) is 3.16. The van der Waals surface area contributed by atoms with Gasteiger partial charge in [0.1, 0.15) is 11.9 Å². The van der Waals surface area contributed by atoms with Gasteiger partial charge in [-0.05, 0) is 36.5 Å². The van der Waals surface area contributed by atoms with Crippen molar-refractivity contribution < 1.29 is 14.0 Å². The number of rotatable bonds is 8. The Hall–Kier alpha value is -2.69. The summed E-state index contributed by atoms with van der Waals surface area (Å²) in [7, 11) is 0. The van der Waals surface area contributed by atoms with Crippen molar-refractivity contribution in [3.05, 3.63) is 71.5 Å². The van der Waals surface area contributed by atoms with Gasteiger partial charge in [0.25, 0.3) is 0 Å². The van der Waals surface area contributed by atoms with Gasteiger partial charge in [-0.2, -0.15) is 0 Å². The zero-order chi connectivity index (χ0) is 21.3. The molecule has 0 radical (unpaired) electrons. The highest BCUT2D eigenvalue weighted by Crippen LogP contribution is 2.20. The molecule has 2 amide bonds. The van der Waals surface area contributed by atoms with E-state index >= 15 is 0 Å². The summed E-state index contributed by atoms with van der Waals surface area (Å²) in [4.78, 5) is 28.0. The fourth-order valence-electron chi connectivity index (χ4n) is 4.15. The van der Waals surface area contributed by atoms with Crippen LogP contribution in [0.15, 0.2) is 54.6 Å². The first-order valence-corrected chi connectivity index (χ1v) is 11.0. The third-order valence-corrected chi connectivity index (χ3v) is 5.83. The molecule has 2 aromatic carbocycles. The molecule has 160 valence electrons. The quantitative estimate of drug-likeness (QED) is 0.690. The molecule has 4 nitrogen and oxygen atoms in total. The van der Waals surface area contributed by atoms with Crippen LogP contribution in [0.3, 0.4) is 0 Å². The van der Waals surface area contributed by atoms with Crippen LogP contribution in [-0.4, -0.2) is 28.8 Å². The molecule has 1 atom stereocenters. The van der Waals surface area contributed by atoms with Gasteiger partial charge in [0.05, 0.1) is 6.42 Å². The Morgan fingerprint density at radius 3 is 2.37 bits per heavy atom. The molecule has 30 heavy (non-hydrogen) atoms. The molecule has 0 saturated heterocycles. The van der Waals surface area contributed by atoms with Crippen LogP contribution in [0.1, 0.15) is 56.6 Å². The number of carbonyl (C=O) groups is 2. The monoisotopic (exact) mass is 410 g/mol. The van der Waals surface area contributed by atoms with E-state index in [4.69, 9.17) is 0 Å². The van der Waals surface area contributed by atoms with E-state index in [2.05, 4.69) is 5.32 Å². The Morgan fingerprint density at radius 2 is 1.70 bits per heavy atom. The molecule has 1 unspecified atom stereocenters. The smallest absolute Gasteiger partial charge is 0.243 e. The predicted octanol–water partition coefficient (Wildman–Crippen LogP) is 4.62. The molecule has 0 aliphatic heterocycles. The van der Waals surface area contributed by atoms with Gasteiger partial charge in [-0.3, -0.25) is 9.59 Å². The lowest BCUT2D eigenvalue weighted by molar-refractivity contribution is -0.141. The topological polar surface area (TPSA) is 49.4 Å². The maximum atomic E-state index is 14.1. The average Bonchev–Trinajstić information content (AvgIpc) is 2.76. The summed E-state index contributed by atoms with van der Waals surface area (Å²) in [6.07, 6.45) is 5.89. The fraction of sp³-hybridized carbons (Fsp3) is 0.440. The Bertz CT molecular complexity index is 834. The number of nitrogens with zero attached hydrogens (tertiary/aromatic N) is 1. The van der Waals surface area contributed by atoms with Gasteiger partial charge in [0.15, 0.2) is 0 Å². The van der Waals surface area contributed by atoms with E-state index in [0.29, 0.717) is 18.5 Å². The highest BCUT2D eigenvalue weighted by molar-refractivity contribution is 5.88. The normalized spacial score (nSPS) is 15.4. The van der Waals surface area contributed by atoms with Gasteiger partial charge in [0.2, 0.25) is 11.8 Å². The van der Waals surface area contributed by atoms with E-state index in [0.717, 1.165) is 31.2 Å². The highest BCUT2D eigenvalue weighted by Gasteiger charge is 2.30. The average molecular weight is 411 g/mol. The van der Waals surface area contributed by atoms with E-state index in [9.17, 15) is 14.0 Å². The molecular formula is C25H31FN2O2. The number of carbonyl (C=O) groups excluding carboxylic acids is 2. The number of hydrogen-bond acceptors (Lipinski definition) is 2. The minimum absolute atomic E-state index is 0.0628. The van der Waals surface area contributed by atoms with Crippen LogP contribution in [0.2, 0.25) is 0 Å². The van der Waals surface area contributed by atoms with Crippen LogP contribution in [0.5, 0.6) is 0 Å². The second kappa shape index (κ2) is 10.9. The Kier molecular flexibility index (Phi) is 8.00. The van der Waals surface area contributed by atoms with Crippen molar-refractivity contribution in [3.63, 3.8) is 0 Å². The van der Waals surface area contributed by atoms with Crippen LogP contribution >= 0.6 is 0 Å². The molecule has 1 fully saturated rings. The molecule has 0 aromatic heterocycles. The van der Waals surface area contributed by atoms with Crippen molar-refractivity contribution in [2.24, 2.45) is 0 Å². The highest BCUT2D eigenvalue weighted by atomic mass is 19.1. The lowest BCUT2D eigenvalue weighted by Gasteiger charge is -2.33. The molecule has 1 saturated carbocycles. The minimum Gasteiger partial charge on any atom is -0.352 e. The third-order valence-electron chi connectivity index (χ3n) is 5.83. The van der Waals surface area contributed by atoms with Crippen LogP contribution in [0.25, 0.3) is 0 Å². The Morgan fingerprint density at radius 1 is 1.03 bits per heavy atom. The number of nitrogens with one attached hydrogen (secondary N) is 1. The van der Waals surface area contributed by atoms with Crippen molar-refractivity contribution in [2.75, 3.05) is 0 Å². The SMILES string of the molecule is CCC(C(=O)NC1CCCCC1)N(Cc1ccccc1)C(=O)Cc1ccccc1F. The van der Waals surface area contributed by atoms with E-state index in [-0.39, 0.29) is 24.3 Å². The van der Waals surface area contributed by atoms with Crippen LogP contribution < -0.4 is 5.32 Å². The standard InChI is InChI=1S/C25H31FN2O2/c1-2-23(25(30)27-21-14-7-4-8-15-21)28(18-19-11-5-3-6-12-19)24(29)17-20-13-9-10-16-22(20)26/h3,5-6,9-13,16,21,23H,2,4,7-8,14-15,17-18H2,1H3,(H,27,30). The zero-order valence-corrected chi connectivity index (χ0v) is 17.6. The molecule has 2 aromatic rings. The van der Waals surface area contributed by atoms with Gasteiger partial charge >= 0.3 is 0 Å². The van der Waals surface area contributed by atoms with Crippen molar-refractivity contribution in [1.29, 1.82) is 0 Å². The minimum atomic E-state index is -0.577. The van der Waals surface area contributed by atoms with Gasteiger partial charge in [0, 0.05) is 12.6 Å². The van der Waals surface area contributed by atoms with Gasteiger partial charge in [-0.1, -0.05) is 74.7 Å². The summed E-state index contributed by atoms with van der Waals surface area (Å²) in [5.41, 5.74) is 1.30. The number of amides is 2. The molecule has 3 rings (SSSR count). The van der Waals surface area contributed by atoms with Crippen LogP contribution in [0, 0.1) is 5.82 Å². The van der Waals surface area contributed by atoms with E-state index in [1.807, 2.05) is 37.3 Å². The summed E-state index contributed by atoms with van der Waals surface area (Å²) in [5.74, 6) is -0.748. The molecule has 1 N–H and O–H groups in total. The van der Waals surface area contributed by atoms with Crippen molar-refractivity contribution in [2.45, 2.75) is 70.5 Å². The molecule has 0 spiro atoms. The first-order chi connectivity index (χ1) is 14.6. The summed E-state index contributed by atoms with van der Waals surface area (Å²) < 4.78 is 14.1. The van der Waals surface area contributed by atoms with Crippen molar-refractivity contribution in [3.8, 4) is 0 Å². The molecule has 1 aliphatic rings. The predicted molar refractivity (Wildman–Crippen MR) is 116 cm³/mol. The fourth-order valence-corrected chi connectivity index (χ4v) is 4.15. The Balaban J connectivity index is 1.79. The molecule has 1 aliphatic carbocycles. The zero-order valence-electron chi connectivity index (χ0n) is 17.6. The van der Waals surface area contributed by atoms with E-state index in [1.165, 1.54) is 12.5 Å². The van der Waals surface area contributed by atoms with E-state index < -0.39 is 11.9 Å². The van der Waals surface area contributed by atoms with Gasteiger partial charge in [-0.15, -0.1) is 0 Å². The maximum Gasteiger partial charge on any atom is 0.243 e. The molecule has 0 bridgehead atoms. The second-order valence-electron chi connectivity index (χ2n) is 8.04. The van der Waals surface area contributed by atoms with E-state index in [1.54, 1.807) is 23.1 Å². The molecule has 5 heteroatoms. The summed E-state index contributed by atoms with van der Waals surface area (Å²) in [6.45, 7) is 2.24. The molecular weight excluding hydrogens is 379 g/mol. The number of hydrogen-bond donors (Lipinski definition) is 1.